The van der Waals surface area contributed by atoms with E-state index >= 15 is 0 Å². The van der Waals surface area contributed by atoms with Gasteiger partial charge in [-0.25, -0.2) is 4.79 Å². The lowest BCUT2D eigenvalue weighted by Crippen LogP contribution is -2.55. The molecule has 1 aliphatic rings. The Morgan fingerprint density at radius 3 is 2.24 bits per heavy atom. The maximum Gasteiger partial charge on any atom is 0.335 e. The van der Waals surface area contributed by atoms with E-state index in [0.717, 1.165) is 5.56 Å². The molecule has 0 saturated carbocycles. The summed E-state index contributed by atoms with van der Waals surface area (Å²) < 4.78 is 4.97. The van der Waals surface area contributed by atoms with Crippen molar-refractivity contribution in [2.24, 2.45) is 0 Å². The van der Waals surface area contributed by atoms with Gasteiger partial charge < -0.3 is 9.64 Å². The molecule has 0 spiro atoms. The van der Waals surface area contributed by atoms with Crippen LogP contribution in [-0.4, -0.2) is 35.5 Å². The van der Waals surface area contributed by atoms with Crippen molar-refractivity contribution >= 4 is 11.9 Å². The van der Waals surface area contributed by atoms with Gasteiger partial charge in [0.05, 0.1) is 13.2 Å². The number of carbonyl (C=O) groups is 2. The largest absolute Gasteiger partial charge is 0.467 e. The minimum absolute atomic E-state index is 0.181. The fourth-order valence-electron chi connectivity index (χ4n) is 3.28. The van der Waals surface area contributed by atoms with Gasteiger partial charge in [-0.2, -0.15) is 0 Å². The van der Waals surface area contributed by atoms with Crippen LogP contribution in [0.5, 0.6) is 0 Å². The fourth-order valence-corrected chi connectivity index (χ4v) is 3.28. The van der Waals surface area contributed by atoms with Gasteiger partial charge in [0.1, 0.15) is 0 Å². The van der Waals surface area contributed by atoms with Gasteiger partial charge in [-0.3, -0.25) is 4.79 Å². The SMILES string of the molecule is COC(=O)[C@@]1(C)C=C[C@@H](Cc2ccccc2)N1C(=O)c1ccccc1. The van der Waals surface area contributed by atoms with E-state index in [1.807, 2.05) is 54.6 Å². The van der Waals surface area contributed by atoms with Gasteiger partial charge in [0, 0.05) is 5.56 Å². The number of carbonyl (C=O) groups excluding carboxylic acids is 2. The highest BCUT2D eigenvalue weighted by atomic mass is 16.5. The van der Waals surface area contributed by atoms with E-state index in [4.69, 9.17) is 4.74 Å². The maximum absolute atomic E-state index is 13.2. The van der Waals surface area contributed by atoms with Crippen LogP contribution in [0.4, 0.5) is 0 Å². The number of ether oxygens (including phenoxy) is 1. The summed E-state index contributed by atoms with van der Waals surface area (Å²) in [5.41, 5.74) is 0.553. The van der Waals surface area contributed by atoms with Crippen LogP contribution < -0.4 is 0 Å². The van der Waals surface area contributed by atoms with Gasteiger partial charge in [-0.05, 0) is 37.1 Å². The van der Waals surface area contributed by atoms with Gasteiger partial charge >= 0.3 is 5.97 Å². The summed E-state index contributed by atoms with van der Waals surface area (Å²) in [6.07, 6.45) is 4.33. The summed E-state index contributed by atoms with van der Waals surface area (Å²) in [4.78, 5) is 27.2. The van der Waals surface area contributed by atoms with Crippen molar-refractivity contribution in [3.8, 4) is 0 Å². The fraction of sp³-hybridized carbons (Fsp3) is 0.238. The van der Waals surface area contributed by atoms with Crippen LogP contribution >= 0.6 is 0 Å². The summed E-state index contributed by atoms with van der Waals surface area (Å²) in [7, 11) is 1.34. The lowest BCUT2D eigenvalue weighted by molar-refractivity contribution is -0.149. The monoisotopic (exact) mass is 335 g/mol. The smallest absolute Gasteiger partial charge is 0.335 e. The number of hydrogen-bond donors (Lipinski definition) is 0. The standard InChI is InChI=1S/C21H21NO3/c1-21(20(24)25-2)14-13-18(15-16-9-5-3-6-10-16)22(21)19(23)17-11-7-4-8-12-17/h3-14,18H,15H2,1-2H3/t18-,21+/m0/s1. The summed E-state index contributed by atoms with van der Waals surface area (Å²) in [6.45, 7) is 1.72. The second-order valence-corrected chi connectivity index (χ2v) is 6.30. The van der Waals surface area contributed by atoms with Gasteiger partial charge in [0.15, 0.2) is 5.54 Å². The normalized spacial score (nSPS) is 22.0. The highest BCUT2D eigenvalue weighted by Gasteiger charge is 2.48. The molecule has 0 unspecified atom stereocenters. The Labute approximate surface area is 147 Å². The van der Waals surface area contributed by atoms with Crippen LogP contribution in [0.2, 0.25) is 0 Å². The molecule has 2 aromatic carbocycles. The minimum Gasteiger partial charge on any atom is -0.467 e. The first-order valence-electron chi connectivity index (χ1n) is 8.26. The molecule has 0 fully saturated rings. The van der Waals surface area contributed by atoms with Gasteiger partial charge in [-0.15, -0.1) is 0 Å². The Bertz CT molecular complexity index is 785. The first-order chi connectivity index (χ1) is 12.1. The topological polar surface area (TPSA) is 46.6 Å². The third-order valence-electron chi connectivity index (χ3n) is 4.60. The Kier molecular flexibility index (Phi) is 4.70. The zero-order chi connectivity index (χ0) is 17.9. The van der Waals surface area contributed by atoms with Crippen LogP contribution in [0.1, 0.15) is 22.8 Å². The van der Waals surface area contributed by atoms with E-state index < -0.39 is 11.5 Å². The average molecular weight is 335 g/mol. The van der Waals surface area contributed by atoms with E-state index in [9.17, 15) is 9.59 Å². The molecule has 1 aliphatic heterocycles. The average Bonchev–Trinajstić information content (AvgIpc) is 2.99. The van der Waals surface area contributed by atoms with Crippen molar-refractivity contribution in [1.82, 2.24) is 4.90 Å². The predicted molar refractivity (Wildman–Crippen MR) is 96.1 cm³/mol. The molecule has 1 amide bonds. The predicted octanol–water partition coefficient (Wildman–Crippen LogP) is 3.24. The molecule has 2 atom stereocenters. The molecular weight excluding hydrogens is 314 g/mol. The molecule has 4 heteroatoms. The maximum atomic E-state index is 13.2. The minimum atomic E-state index is -1.11. The third kappa shape index (κ3) is 3.20. The van der Waals surface area contributed by atoms with Gasteiger partial charge in [0.2, 0.25) is 0 Å². The lowest BCUT2D eigenvalue weighted by Gasteiger charge is -2.36. The highest BCUT2D eigenvalue weighted by Crippen LogP contribution is 2.32. The van der Waals surface area contributed by atoms with Crippen LogP contribution in [0.25, 0.3) is 0 Å². The molecule has 3 rings (SSSR count). The highest BCUT2D eigenvalue weighted by molar-refractivity contribution is 6.00. The lowest BCUT2D eigenvalue weighted by atomic mass is 9.99. The molecule has 0 bridgehead atoms. The zero-order valence-electron chi connectivity index (χ0n) is 14.4. The van der Waals surface area contributed by atoms with Crippen molar-refractivity contribution in [1.29, 1.82) is 0 Å². The number of nitrogens with zero attached hydrogens (tertiary/aromatic N) is 1. The van der Waals surface area contributed by atoms with E-state index in [1.54, 1.807) is 30.0 Å². The quantitative estimate of drug-likeness (QED) is 0.636. The second kappa shape index (κ2) is 6.93. The van der Waals surface area contributed by atoms with E-state index in [2.05, 4.69) is 0 Å². The number of benzene rings is 2. The van der Waals surface area contributed by atoms with Crippen LogP contribution in [0.15, 0.2) is 72.8 Å². The summed E-state index contributed by atoms with van der Waals surface area (Å²) in [5.74, 6) is -0.622. The van der Waals surface area contributed by atoms with Crippen LogP contribution in [0, 0.1) is 0 Å². The molecule has 0 radical (unpaired) electrons. The first kappa shape index (κ1) is 17.0. The molecule has 0 saturated heterocycles. The molecule has 0 aromatic heterocycles. The Balaban J connectivity index is 1.96. The van der Waals surface area contributed by atoms with E-state index in [-0.39, 0.29) is 11.9 Å². The number of amides is 1. The van der Waals surface area contributed by atoms with Crippen LogP contribution in [0.3, 0.4) is 0 Å². The molecule has 4 nitrogen and oxygen atoms in total. The van der Waals surface area contributed by atoms with Crippen molar-refractivity contribution < 1.29 is 14.3 Å². The van der Waals surface area contributed by atoms with Gasteiger partial charge in [-0.1, -0.05) is 54.6 Å². The van der Waals surface area contributed by atoms with Crippen molar-refractivity contribution in [2.75, 3.05) is 7.11 Å². The van der Waals surface area contributed by atoms with Crippen LogP contribution in [-0.2, 0) is 16.0 Å². The third-order valence-corrected chi connectivity index (χ3v) is 4.60. The summed E-state index contributed by atoms with van der Waals surface area (Å²) >= 11 is 0. The van der Waals surface area contributed by atoms with E-state index in [1.165, 1.54) is 7.11 Å². The Hall–Kier alpha value is -2.88. The van der Waals surface area contributed by atoms with E-state index in [0.29, 0.717) is 12.0 Å². The molecule has 0 aliphatic carbocycles. The molecular formula is C21H21NO3. The van der Waals surface area contributed by atoms with Crippen molar-refractivity contribution in [3.05, 3.63) is 83.9 Å². The van der Waals surface area contributed by atoms with Gasteiger partial charge in [0.25, 0.3) is 5.91 Å². The molecule has 1 heterocycles. The second-order valence-electron chi connectivity index (χ2n) is 6.30. The number of hydrogen-bond acceptors (Lipinski definition) is 3. The number of methoxy groups -OCH3 is 1. The first-order valence-corrected chi connectivity index (χ1v) is 8.26. The number of rotatable bonds is 4. The van der Waals surface area contributed by atoms with Crippen molar-refractivity contribution in [3.63, 3.8) is 0 Å². The summed E-state index contributed by atoms with van der Waals surface area (Å²) in [5, 5.41) is 0. The molecule has 128 valence electrons. The summed E-state index contributed by atoms with van der Waals surface area (Å²) in [6, 6.07) is 18.7. The Morgan fingerprint density at radius 1 is 1.04 bits per heavy atom. The number of esters is 1. The zero-order valence-corrected chi connectivity index (χ0v) is 14.4. The molecule has 2 aromatic rings. The Morgan fingerprint density at radius 2 is 1.64 bits per heavy atom. The molecule has 25 heavy (non-hydrogen) atoms. The van der Waals surface area contributed by atoms with Crippen molar-refractivity contribution in [2.45, 2.75) is 24.9 Å². The molecule has 0 N–H and O–H groups in total.